The van der Waals surface area contributed by atoms with Gasteiger partial charge in [0.1, 0.15) is 6.04 Å². The number of ether oxygens (including phenoxy) is 1. The number of H-pyrrole nitrogens is 1. The summed E-state index contributed by atoms with van der Waals surface area (Å²) in [5.41, 5.74) is 7.78. The molecule has 0 aliphatic heterocycles. The molecule has 0 unspecified atom stereocenters. The second-order valence-electron chi connectivity index (χ2n) is 3.84. The molecule has 2 rings (SSSR count). The largest absolute Gasteiger partial charge is 0.468 e. The van der Waals surface area contributed by atoms with Gasteiger partial charge in [-0.1, -0.05) is 22.0 Å². The Bertz CT molecular complexity index is 556. The molecule has 0 saturated carbocycles. The molecule has 1 aromatic heterocycles. The van der Waals surface area contributed by atoms with Gasteiger partial charge in [-0.15, -0.1) is 12.4 Å². The molecular formula is C12H14BrClN2O2. The highest BCUT2D eigenvalue weighted by Gasteiger charge is 2.16. The molecule has 0 spiro atoms. The Labute approximate surface area is 119 Å². The van der Waals surface area contributed by atoms with Gasteiger partial charge in [0, 0.05) is 28.0 Å². The molecule has 0 aliphatic rings. The summed E-state index contributed by atoms with van der Waals surface area (Å²) < 4.78 is 5.62. The maximum absolute atomic E-state index is 11.3. The number of nitrogens with one attached hydrogen (secondary N) is 1. The first-order valence-corrected chi connectivity index (χ1v) is 6.00. The van der Waals surface area contributed by atoms with Crippen molar-refractivity contribution in [2.75, 3.05) is 7.11 Å². The molecule has 6 heteroatoms. The van der Waals surface area contributed by atoms with Crippen LogP contribution in [0.2, 0.25) is 0 Å². The number of benzene rings is 1. The van der Waals surface area contributed by atoms with Crippen molar-refractivity contribution in [3.05, 3.63) is 34.4 Å². The van der Waals surface area contributed by atoms with Gasteiger partial charge < -0.3 is 15.5 Å². The molecule has 1 heterocycles. The number of esters is 1. The predicted octanol–water partition coefficient (Wildman–Crippen LogP) is 2.40. The number of hydrogen-bond acceptors (Lipinski definition) is 3. The minimum atomic E-state index is -0.623. The second-order valence-corrected chi connectivity index (χ2v) is 4.75. The number of carbonyl (C=O) groups excluding carboxylic acids is 1. The first-order chi connectivity index (χ1) is 8.11. The summed E-state index contributed by atoms with van der Waals surface area (Å²) in [6.07, 6.45) is 2.34. The fraction of sp³-hybridized carbons (Fsp3) is 0.250. The van der Waals surface area contributed by atoms with Crippen LogP contribution >= 0.6 is 28.3 Å². The van der Waals surface area contributed by atoms with Crippen LogP contribution in [0.3, 0.4) is 0 Å². The zero-order valence-corrected chi connectivity index (χ0v) is 12.2. The highest BCUT2D eigenvalue weighted by Crippen LogP contribution is 2.23. The zero-order valence-electron chi connectivity index (χ0n) is 9.77. The van der Waals surface area contributed by atoms with Gasteiger partial charge in [0.05, 0.1) is 7.11 Å². The SMILES string of the molecule is COC(=O)[C@@H](N)Cc1c[nH]c2cc(Br)ccc12.Cl. The Kier molecular flexibility index (Phi) is 5.19. The van der Waals surface area contributed by atoms with E-state index < -0.39 is 12.0 Å². The van der Waals surface area contributed by atoms with E-state index >= 15 is 0 Å². The summed E-state index contributed by atoms with van der Waals surface area (Å²) in [5, 5.41) is 1.08. The third-order valence-electron chi connectivity index (χ3n) is 2.67. The van der Waals surface area contributed by atoms with Crippen LogP contribution in [0, 0.1) is 0 Å². The van der Waals surface area contributed by atoms with E-state index in [2.05, 4.69) is 25.7 Å². The van der Waals surface area contributed by atoms with Crippen LogP contribution in [0.4, 0.5) is 0 Å². The molecule has 18 heavy (non-hydrogen) atoms. The molecule has 1 atom stereocenters. The summed E-state index contributed by atoms with van der Waals surface area (Å²) >= 11 is 3.41. The van der Waals surface area contributed by atoms with Gasteiger partial charge in [-0.3, -0.25) is 4.79 Å². The highest BCUT2D eigenvalue weighted by atomic mass is 79.9. The van der Waals surface area contributed by atoms with Gasteiger partial charge in [0.2, 0.25) is 0 Å². The predicted molar refractivity (Wildman–Crippen MR) is 76.9 cm³/mol. The van der Waals surface area contributed by atoms with Crippen molar-refractivity contribution < 1.29 is 9.53 Å². The van der Waals surface area contributed by atoms with Crippen LogP contribution in [-0.2, 0) is 16.0 Å². The highest BCUT2D eigenvalue weighted by molar-refractivity contribution is 9.10. The van der Waals surface area contributed by atoms with E-state index in [-0.39, 0.29) is 12.4 Å². The number of fused-ring (bicyclic) bond motifs is 1. The lowest BCUT2D eigenvalue weighted by molar-refractivity contribution is -0.142. The number of aromatic amines is 1. The Morgan fingerprint density at radius 2 is 2.28 bits per heavy atom. The number of methoxy groups -OCH3 is 1. The van der Waals surface area contributed by atoms with Crippen LogP contribution in [-0.4, -0.2) is 24.1 Å². The first kappa shape index (κ1) is 15.0. The Balaban J connectivity index is 0.00000162. The molecule has 4 nitrogen and oxygen atoms in total. The Hall–Kier alpha value is -1.04. The van der Waals surface area contributed by atoms with E-state index in [0.29, 0.717) is 6.42 Å². The molecule has 0 aliphatic carbocycles. The molecule has 0 amide bonds. The molecule has 3 N–H and O–H groups in total. The van der Waals surface area contributed by atoms with Crippen LogP contribution in [0.25, 0.3) is 10.9 Å². The summed E-state index contributed by atoms with van der Waals surface area (Å²) in [4.78, 5) is 14.4. The van der Waals surface area contributed by atoms with Crippen molar-refractivity contribution in [2.45, 2.75) is 12.5 Å². The number of nitrogens with two attached hydrogens (primary N) is 1. The fourth-order valence-corrected chi connectivity index (χ4v) is 2.16. The third kappa shape index (κ3) is 3.04. The maximum atomic E-state index is 11.3. The van der Waals surface area contributed by atoms with E-state index in [0.717, 1.165) is 20.9 Å². The molecule has 0 bridgehead atoms. The van der Waals surface area contributed by atoms with Crippen LogP contribution < -0.4 is 5.73 Å². The summed E-state index contributed by atoms with van der Waals surface area (Å²) in [6, 6.07) is 5.32. The molecular weight excluding hydrogens is 320 g/mol. The molecule has 0 saturated heterocycles. The number of hydrogen-bond donors (Lipinski definition) is 2. The monoisotopic (exact) mass is 332 g/mol. The van der Waals surface area contributed by atoms with E-state index in [1.807, 2.05) is 24.4 Å². The Morgan fingerprint density at radius 3 is 2.94 bits per heavy atom. The Morgan fingerprint density at radius 1 is 1.56 bits per heavy atom. The van der Waals surface area contributed by atoms with Gasteiger partial charge in [0.25, 0.3) is 0 Å². The van der Waals surface area contributed by atoms with E-state index in [4.69, 9.17) is 5.73 Å². The summed E-state index contributed by atoms with van der Waals surface area (Å²) in [6.45, 7) is 0. The smallest absolute Gasteiger partial charge is 0.322 e. The van der Waals surface area contributed by atoms with Crippen molar-refractivity contribution in [3.8, 4) is 0 Å². The van der Waals surface area contributed by atoms with Gasteiger partial charge in [-0.25, -0.2) is 0 Å². The number of rotatable bonds is 3. The van der Waals surface area contributed by atoms with Crippen LogP contribution in [0.15, 0.2) is 28.9 Å². The lowest BCUT2D eigenvalue weighted by atomic mass is 10.1. The van der Waals surface area contributed by atoms with E-state index in [1.54, 1.807) is 0 Å². The van der Waals surface area contributed by atoms with Crippen molar-refractivity contribution >= 4 is 45.2 Å². The van der Waals surface area contributed by atoms with Gasteiger partial charge >= 0.3 is 5.97 Å². The van der Waals surface area contributed by atoms with Crippen molar-refractivity contribution in [1.29, 1.82) is 0 Å². The van der Waals surface area contributed by atoms with Crippen LogP contribution in [0.1, 0.15) is 5.56 Å². The van der Waals surface area contributed by atoms with Crippen molar-refractivity contribution in [2.24, 2.45) is 5.73 Å². The minimum Gasteiger partial charge on any atom is -0.468 e. The van der Waals surface area contributed by atoms with E-state index in [9.17, 15) is 4.79 Å². The number of halogens is 2. The lowest BCUT2D eigenvalue weighted by Gasteiger charge is -2.07. The first-order valence-electron chi connectivity index (χ1n) is 5.20. The average Bonchev–Trinajstić information content (AvgIpc) is 2.70. The number of aromatic nitrogens is 1. The summed E-state index contributed by atoms with van der Waals surface area (Å²) in [5.74, 6) is -0.392. The van der Waals surface area contributed by atoms with Gasteiger partial charge in [-0.2, -0.15) is 0 Å². The lowest BCUT2D eigenvalue weighted by Crippen LogP contribution is -2.33. The average molecular weight is 334 g/mol. The third-order valence-corrected chi connectivity index (χ3v) is 3.17. The molecule has 2 aromatic rings. The summed E-state index contributed by atoms with van der Waals surface area (Å²) in [7, 11) is 1.34. The minimum absolute atomic E-state index is 0. The van der Waals surface area contributed by atoms with Crippen LogP contribution in [0.5, 0.6) is 0 Å². The molecule has 98 valence electrons. The van der Waals surface area contributed by atoms with Gasteiger partial charge in [0.15, 0.2) is 0 Å². The molecule has 0 fully saturated rings. The fourth-order valence-electron chi connectivity index (χ4n) is 1.80. The standard InChI is InChI=1S/C12H13BrN2O2.ClH/c1-17-12(16)10(14)4-7-6-15-11-5-8(13)2-3-9(7)11;/h2-3,5-6,10,15H,4,14H2,1H3;1H/t10-;/m0./s1. The maximum Gasteiger partial charge on any atom is 0.322 e. The normalized spacial score (nSPS) is 11.9. The topological polar surface area (TPSA) is 68.1 Å². The van der Waals surface area contributed by atoms with E-state index in [1.165, 1.54) is 7.11 Å². The van der Waals surface area contributed by atoms with Gasteiger partial charge in [-0.05, 0) is 17.7 Å². The molecule has 1 aromatic carbocycles. The van der Waals surface area contributed by atoms with Crippen molar-refractivity contribution in [3.63, 3.8) is 0 Å². The quantitative estimate of drug-likeness (QED) is 0.848. The zero-order chi connectivity index (χ0) is 12.4. The number of carbonyl (C=O) groups is 1. The van der Waals surface area contributed by atoms with Crippen molar-refractivity contribution in [1.82, 2.24) is 4.98 Å². The molecule has 0 radical (unpaired) electrons. The second kappa shape index (κ2) is 6.22.